The summed E-state index contributed by atoms with van der Waals surface area (Å²) >= 11 is 0.929. The summed E-state index contributed by atoms with van der Waals surface area (Å²) in [5.41, 5.74) is 2.84. The van der Waals surface area contributed by atoms with Crippen LogP contribution in [0.15, 0.2) is 75.1 Å². The van der Waals surface area contributed by atoms with Crippen molar-refractivity contribution in [1.82, 2.24) is 4.98 Å². The Morgan fingerprint density at radius 1 is 1.13 bits per heavy atom. The Morgan fingerprint density at radius 2 is 1.74 bits per heavy atom. The van der Waals surface area contributed by atoms with E-state index in [4.69, 9.17) is 18.6 Å². The first-order chi connectivity index (χ1) is 14.8. The number of ketones is 1. The lowest BCUT2D eigenvalue weighted by molar-refractivity contribution is -0.432. The zero-order chi connectivity index (χ0) is 23.1. The highest BCUT2D eigenvalue weighted by Gasteiger charge is 2.21. The maximum absolute atomic E-state index is 12.4. The number of carbonyl (C=O) groups is 1. The van der Waals surface area contributed by atoms with Crippen LogP contribution in [0, 0.1) is 0 Å². The van der Waals surface area contributed by atoms with Crippen molar-refractivity contribution in [2.75, 3.05) is 17.9 Å². The number of nitrogens with zero attached hydrogens (tertiary/aromatic N) is 2. The van der Waals surface area contributed by atoms with Crippen LogP contribution in [0.25, 0.3) is 0 Å². The molecule has 3 aromatic rings. The van der Waals surface area contributed by atoms with Crippen LogP contribution in [0.3, 0.4) is 0 Å². The third-order valence-corrected chi connectivity index (χ3v) is 2.96. The minimum Gasteiger partial charge on any atom is -0.462 e. The van der Waals surface area contributed by atoms with Crippen molar-refractivity contribution in [3.05, 3.63) is 72.7 Å². The first-order valence-electron chi connectivity index (χ1n) is 8.06. The van der Waals surface area contributed by atoms with Crippen molar-refractivity contribution >= 4 is 39.5 Å². The lowest BCUT2D eigenvalue weighted by Gasteiger charge is -2.02. The fourth-order valence-electron chi connectivity index (χ4n) is 1.73. The van der Waals surface area contributed by atoms with Gasteiger partial charge in [-0.1, -0.05) is 11.1 Å². The van der Waals surface area contributed by atoms with Gasteiger partial charge in [0.05, 0.1) is 18.8 Å². The van der Waals surface area contributed by atoms with Gasteiger partial charge in [0.25, 0.3) is 15.9 Å². The Balaban J connectivity index is 0.000000404. The molecule has 12 nitrogen and oxygen atoms in total. The van der Waals surface area contributed by atoms with E-state index in [9.17, 15) is 13.2 Å². The Hall–Kier alpha value is -3.01. The van der Waals surface area contributed by atoms with Crippen LogP contribution >= 0.6 is 12.0 Å². The van der Waals surface area contributed by atoms with E-state index in [1.807, 2.05) is 6.07 Å². The van der Waals surface area contributed by atoms with E-state index in [1.165, 1.54) is 12.5 Å². The van der Waals surface area contributed by atoms with Crippen LogP contribution in [0.5, 0.6) is 0 Å². The summed E-state index contributed by atoms with van der Waals surface area (Å²) in [6, 6.07) is 11.9. The second-order valence-corrected chi connectivity index (χ2v) is 7.05. The zero-order valence-electron chi connectivity index (χ0n) is 16.2. The molecule has 31 heavy (non-hydrogen) atoms. The SMILES string of the molecule is CS(=O)(=O)O.CSOOO.O=C(C(=NNc1ccccn1)c1ccco1)c1ccco1. The van der Waals surface area contributed by atoms with Gasteiger partial charge in [-0.2, -0.15) is 13.5 Å². The summed E-state index contributed by atoms with van der Waals surface area (Å²) in [7, 11) is -3.67. The number of hydrogen-bond donors (Lipinski definition) is 3. The quantitative estimate of drug-likeness (QED) is 0.114. The van der Waals surface area contributed by atoms with Crippen LogP contribution in [0.2, 0.25) is 0 Å². The van der Waals surface area contributed by atoms with Crippen molar-refractivity contribution in [2.24, 2.45) is 5.10 Å². The number of anilines is 1. The van der Waals surface area contributed by atoms with E-state index >= 15 is 0 Å². The molecule has 0 spiro atoms. The van der Waals surface area contributed by atoms with Gasteiger partial charge in [0.2, 0.25) is 0 Å². The van der Waals surface area contributed by atoms with E-state index in [1.54, 1.807) is 48.9 Å². The van der Waals surface area contributed by atoms with E-state index in [0.29, 0.717) is 17.8 Å². The van der Waals surface area contributed by atoms with Gasteiger partial charge in [-0.05, 0) is 36.4 Å². The van der Waals surface area contributed by atoms with Crippen molar-refractivity contribution in [2.45, 2.75) is 0 Å². The summed E-state index contributed by atoms with van der Waals surface area (Å²) in [5.74, 6) is 0.681. The lowest BCUT2D eigenvalue weighted by atomic mass is 10.1. The van der Waals surface area contributed by atoms with Crippen molar-refractivity contribution in [3.63, 3.8) is 0 Å². The molecule has 3 aromatic heterocycles. The van der Waals surface area contributed by atoms with E-state index in [0.717, 1.165) is 12.0 Å². The monoisotopic (exact) mass is 473 g/mol. The smallest absolute Gasteiger partial charge is 0.261 e. The number of hydrogen-bond acceptors (Lipinski definition) is 12. The predicted molar refractivity (Wildman–Crippen MR) is 112 cm³/mol. The van der Waals surface area contributed by atoms with Crippen LogP contribution in [-0.2, 0) is 19.5 Å². The van der Waals surface area contributed by atoms with E-state index in [2.05, 4.69) is 24.9 Å². The highest BCUT2D eigenvalue weighted by atomic mass is 32.2. The van der Waals surface area contributed by atoms with Gasteiger partial charge in [0.15, 0.2) is 17.2 Å². The molecule has 168 valence electrons. The largest absolute Gasteiger partial charge is 0.462 e. The van der Waals surface area contributed by atoms with Crippen LogP contribution < -0.4 is 5.43 Å². The van der Waals surface area contributed by atoms with E-state index in [-0.39, 0.29) is 17.3 Å². The standard InChI is InChI=1S/C15H11N3O3.2CH4O3S/c19-15(12-6-4-10-21-12)14(11-5-3-9-20-11)18-17-13-7-1-2-8-16-13;1-5(2,3)4;1-5-4-3-2/h1-10H,(H,16,17);1H3,(H,2,3,4);2H,1H3. The Morgan fingerprint density at radius 3 is 2.16 bits per heavy atom. The van der Waals surface area contributed by atoms with Gasteiger partial charge in [-0.25, -0.2) is 10.2 Å². The minimum absolute atomic E-state index is 0.112. The number of furan rings is 2. The van der Waals surface area contributed by atoms with Gasteiger partial charge in [-0.15, -0.1) is 4.33 Å². The van der Waals surface area contributed by atoms with Gasteiger partial charge in [0, 0.05) is 24.5 Å². The van der Waals surface area contributed by atoms with Crippen molar-refractivity contribution in [3.8, 4) is 0 Å². The molecule has 0 amide bonds. The number of rotatable bonds is 7. The summed E-state index contributed by atoms with van der Waals surface area (Å²) in [6.07, 6.45) is 6.86. The number of nitrogens with one attached hydrogen (secondary N) is 1. The topological polar surface area (TPSA) is 174 Å². The molecular weight excluding hydrogens is 454 g/mol. The normalized spacial score (nSPS) is 10.9. The van der Waals surface area contributed by atoms with Gasteiger partial charge >= 0.3 is 0 Å². The second kappa shape index (κ2) is 14.1. The molecule has 0 aliphatic rings. The molecule has 0 saturated heterocycles. The van der Waals surface area contributed by atoms with Gasteiger partial charge < -0.3 is 8.83 Å². The lowest BCUT2D eigenvalue weighted by Crippen LogP contribution is -2.16. The van der Waals surface area contributed by atoms with Crippen LogP contribution in [-0.4, -0.2) is 47.2 Å². The number of pyridine rings is 1. The molecule has 0 saturated carbocycles. The summed E-state index contributed by atoms with van der Waals surface area (Å²) in [4.78, 5) is 16.5. The third kappa shape index (κ3) is 11.7. The van der Waals surface area contributed by atoms with Crippen LogP contribution in [0.4, 0.5) is 5.82 Å². The summed E-state index contributed by atoms with van der Waals surface area (Å²) in [6.45, 7) is 0. The molecule has 0 aliphatic carbocycles. The van der Waals surface area contributed by atoms with Crippen LogP contribution in [0.1, 0.15) is 16.3 Å². The van der Waals surface area contributed by atoms with Crippen molar-refractivity contribution < 1.29 is 41.2 Å². The highest BCUT2D eigenvalue weighted by molar-refractivity contribution is 7.93. The first-order valence-corrected chi connectivity index (χ1v) is 11.1. The summed E-state index contributed by atoms with van der Waals surface area (Å²) < 4.78 is 40.0. The second-order valence-electron chi connectivity index (χ2n) is 5.11. The fraction of sp³-hybridized carbons (Fsp3) is 0.118. The Bertz CT molecular complexity index is 997. The molecule has 0 aliphatic heterocycles. The maximum Gasteiger partial charge on any atom is 0.261 e. The number of carbonyl (C=O) groups excluding carboxylic acids is 1. The Kier molecular flexibility index (Phi) is 11.8. The number of hydrazone groups is 1. The average Bonchev–Trinajstić information content (AvgIpc) is 3.43. The summed E-state index contributed by atoms with van der Waals surface area (Å²) in [5, 5.41) is 14.6. The first kappa shape index (κ1) is 26.0. The van der Waals surface area contributed by atoms with E-state index < -0.39 is 10.1 Å². The number of aromatic nitrogens is 1. The predicted octanol–water partition coefficient (Wildman–Crippen LogP) is 3.16. The third-order valence-electron chi connectivity index (χ3n) is 2.76. The van der Waals surface area contributed by atoms with Gasteiger partial charge in [-0.3, -0.25) is 14.8 Å². The molecular formula is C17H19N3O9S2. The highest BCUT2D eigenvalue weighted by Crippen LogP contribution is 2.11. The molecule has 3 N–H and O–H groups in total. The average molecular weight is 473 g/mol. The number of Topliss-reactive ketones (excluding diaryl/α,β-unsaturated/α-hetero) is 1. The molecule has 0 atom stereocenters. The Labute approximate surface area is 181 Å². The minimum atomic E-state index is -3.67. The molecule has 14 heteroatoms. The molecule has 0 radical (unpaired) electrons. The molecule has 0 fully saturated rings. The molecule has 3 heterocycles. The zero-order valence-corrected chi connectivity index (χ0v) is 17.9. The molecule has 3 rings (SSSR count). The van der Waals surface area contributed by atoms with Crippen molar-refractivity contribution in [1.29, 1.82) is 0 Å². The molecule has 0 bridgehead atoms. The molecule has 0 unspecified atom stereocenters. The van der Waals surface area contributed by atoms with Gasteiger partial charge in [0.1, 0.15) is 5.82 Å². The fourth-order valence-corrected chi connectivity index (χ4v) is 1.79. The maximum atomic E-state index is 12.4. The molecule has 0 aromatic carbocycles.